The normalized spacial score (nSPS) is 13.0. The van der Waals surface area contributed by atoms with Crippen molar-refractivity contribution in [3.8, 4) is 5.75 Å². The Hall–Kier alpha value is -1.38. The minimum absolute atomic E-state index is 0.250. The van der Waals surface area contributed by atoms with Gasteiger partial charge in [0.05, 0.1) is 12.7 Å². The second-order valence-electron chi connectivity index (χ2n) is 5.82. The van der Waals surface area contributed by atoms with E-state index in [9.17, 15) is 17.4 Å². The Morgan fingerprint density at radius 3 is 2.46 bits per heavy atom. The van der Waals surface area contributed by atoms with Crippen LogP contribution in [0.4, 0.5) is 13.2 Å². The second-order valence-corrected chi connectivity index (χ2v) is 9.82. The van der Waals surface area contributed by atoms with Gasteiger partial charge in [0.15, 0.2) is 0 Å². The van der Waals surface area contributed by atoms with Crippen molar-refractivity contribution in [1.82, 2.24) is 0 Å². The average molecular weight is 447 g/mol. The number of ether oxygens (including phenoxy) is 1. The number of rotatable bonds is 10. The molecule has 2 nitrogen and oxygen atoms in total. The van der Waals surface area contributed by atoms with E-state index in [1.807, 2.05) is 30.4 Å². The molecule has 0 radical (unpaired) electrons. The van der Waals surface area contributed by atoms with Crippen molar-refractivity contribution in [2.24, 2.45) is 0 Å². The molecule has 2 aromatic rings. The van der Waals surface area contributed by atoms with Crippen LogP contribution in [-0.2, 0) is 28.5 Å². The maximum Gasteiger partial charge on any atom is 0.416 e. The van der Waals surface area contributed by atoms with Crippen LogP contribution in [0.5, 0.6) is 5.75 Å². The topological polar surface area (TPSA) is 26.3 Å². The average Bonchev–Trinajstić information content (AvgIpc) is 2.67. The van der Waals surface area contributed by atoms with E-state index in [1.165, 1.54) is 17.7 Å². The Labute approximate surface area is 173 Å². The lowest BCUT2D eigenvalue weighted by Gasteiger charge is -2.07. The number of methoxy groups -OCH3 is 1. The summed E-state index contributed by atoms with van der Waals surface area (Å²) in [5.74, 6) is 3.16. The zero-order chi connectivity index (χ0) is 20.4. The van der Waals surface area contributed by atoms with E-state index < -0.39 is 22.5 Å². The molecule has 0 aliphatic rings. The first-order valence-corrected chi connectivity index (χ1v) is 12.4. The molecule has 0 heterocycles. The van der Waals surface area contributed by atoms with Crippen molar-refractivity contribution >= 4 is 32.4 Å². The Bertz CT molecular complexity index is 790. The molecule has 0 saturated carbocycles. The molecule has 0 N–H and O–H groups in total. The molecule has 2 rings (SSSR count). The lowest BCUT2D eigenvalue weighted by atomic mass is 10.1. The molecule has 0 fully saturated rings. The van der Waals surface area contributed by atoms with E-state index in [4.69, 9.17) is 4.74 Å². The molecule has 1 atom stereocenters. The van der Waals surface area contributed by atoms with Gasteiger partial charge >= 0.3 is 6.18 Å². The summed E-state index contributed by atoms with van der Waals surface area (Å²) in [6, 6.07) is 12.8. The van der Waals surface area contributed by atoms with E-state index >= 15 is 0 Å². The Morgan fingerprint density at radius 1 is 1.04 bits per heavy atom. The summed E-state index contributed by atoms with van der Waals surface area (Å²) < 4.78 is 54.8. The number of hydrogen-bond donors (Lipinski definition) is 0. The highest BCUT2D eigenvalue weighted by Gasteiger charge is 2.29. The zero-order valence-electron chi connectivity index (χ0n) is 15.3. The molecular weight excluding hydrogens is 425 g/mol. The summed E-state index contributed by atoms with van der Waals surface area (Å²) in [6.45, 7) is 0. The van der Waals surface area contributed by atoms with Gasteiger partial charge in [0, 0.05) is 33.8 Å². The fraction of sp³-hybridized carbons (Fsp3) is 0.300. The van der Waals surface area contributed by atoms with Crippen LogP contribution >= 0.6 is 21.6 Å². The third kappa shape index (κ3) is 8.32. The Morgan fingerprint density at radius 2 is 1.79 bits per heavy atom. The molecule has 0 spiro atoms. The van der Waals surface area contributed by atoms with Crippen LogP contribution in [0.1, 0.15) is 16.7 Å². The van der Waals surface area contributed by atoms with E-state index in [-0.39, 0.29) is 5.75 Å². The van der Waals surface area contributed by atoms with E-state index in [0.717, 1.165) is 29.4 Å². The van der Waals surface area contributed by atoms with Crippen molar-refractivity contribution in [2.75, 3.05) is 18.6 Å². The van der Waals surface area contributed by atoms with Gasteiger partial charge < -0.3 is 4.74 Å². The summed E-state index contributed by atoms with van der Waals surface area (Å²) in [6.07, 6.45) is -0.518. The van der Waals surface area contributed by atoms with E-state index in [2.05, 4.69) is 6.07 Å². The lowest BCUT2D eigenvalue weighted by molar-refractivity contribution is -0.137. The molecule has 8 heteroatoms. The highest BCUT2D eigenvalue weighted by atomic mass is 33.1. The van der Waals surface area contributed by atoms with Crippen LogP contribution in [0.2, 0.25) is 0 Å². The van der Waals surface area contributed by atoms with Crippen molar-refractivity contribution < 1.29 is 22.1 Å². The van der Waals surface area contributed by atoms with Crippen molar-refractivity contribution in [3.63, 3.8) is 0 Å². The van der Waals surface area contributed by atoms with Gasteiger partial charge in [-0.2, -0.15) is 13.2 Å². The van der Waals surface area contributed by atoms with Gasteiger partial charge in [0.1, 0.15) is 5.75 Å². The molecule has 1 unspecified atom stereocenters. The molecule has 0 amide bonds. The third-order valence-corrected chi connectivity index (χ3v) is 7.09. The number of hydrogen-bond acceptors (Lipinski definition) is 4. The predicted octanol–water partition coefficient (Wildman–Crippen LogP) is 6.10. The third-order valence-electron chi connectivity index (χ3n) is 3.67. The van der Waals surface area contributed by atoms with Crippen LogP contribution in [0.3, 0.4) is 0 Å². The number of halogens is 3. The minimum atomic E-state index is -4.34. The van der Waals surface area contributed by atoms with E-state index in [0.29, 0.717) is 11.3 Å². The van der Waals surface area contributed by atoms with Crippen LogP contribution in [-0.4, -0.2) is 22.8 Å². The molecule has 0 aliphatic heterocycles. The summed E-state index contributed by atoms with van der Waals surface area (Å²) in [4.78, 5) is 0. The van der Waals surface area contributed by atoms with Crippen LogP contribution < -0.4 is 4.74 Å². The first kappa shape index (κ1) is 22.9. The van der Waals surface area contributed by atoms with Gasteiger partial charge in [0.2, 0.25) is 0 Å². The lowest BCUT2D eigenvalue weighted by Crippen LogP contribution is -2.05. The van der Waals surface area contributed by atoms with Gasteiger partial charge in [-0.1, -0.05) is 58.0 Å². The quantitative estimate of drug-likeness (QED) is 0.250. The molecule has 0 aromatic heterocycles. The summed E-state index contributed by atoms with van der Waals surface area (Å²) in [5.41, 5.74) is 1.15. The van der Waals surface area contributed by atoms with Gasteiger partial charge in [0.25, 0.3) is 0 Å². The highest BCUT2D eigenvalue weighted by Crippen LogP contribution is 2.29. The largest absolute Gasteiger partial charge is 0.497 e. The van der Waals surface area contributed by atoms with Crippen LogP contribution in [0.25, 0.3) is 0 Å². The maximum atomic E-state index is 12.5. The fourth-order valence-corrected chi connectivity index (χ4v) is 5.16. The first-order valence-electron chi connectivity index (χ1n) is 8.42. The smallest absolute Gasteiger partial charge is 0.416 e. The van der Waals surface area contributed by atoms with Crippen molar-refractivity contribution in [2.45, 2.75) is 17.7 Å². The standard InChI is InChI=1S/C20H21F3O2S3/c1-25-19-6-4-5-17(13-19)14-27-26-11-2-3-12-28(24)15-16-7-9-18(10-8-16)20(21,22)23/h2-10,13H,11-12,14-15H2,1H3/b3-2+. The van der Waals surface area contributed by atoms with Crippen molar-refractivity contribution in [3.05, 3.63) is 77.4 Å². The van der Waals surface area contributed by atoms with Gasteiger partial charge in [-0.25, -0.2) is 0 Å². The SMILES string of the molecule is COc1cccc(CSSC/C=C/CS(=O)Cc2ccc(C(F)(F)F)cc2)c1. The minimum Gasteiger partial charge on any atom is -0.497 e. The number of alkyl halides is 3. The Balaban J connectivity index is 1.63. The molecule has 0 bridgehead atoms. The predicted molar refractivity (Wildman–Crippen MR) is 114 cm³/mol. The van der Waals surface area contributed by atoms with Gasteiger partial charge in [-0.05, 0) is 35.4 Å². The molecule has 28 heavy (non-hydrogen) atoms. The second kappa shape index (κ2) is 11.6. The molecule has 0 saturated heterocycles. The zero-order valence-corrected chi connectivity index (χ0v) is 17.7. The summed E-state index contributed by atoms with van der Waals surface area (Å²) in [5, 5.41) is 0. The molecule has 2 aromatic carbocycles. The Kier molecular flexibility index (Phi) is 9.47. The van der Waals surface area contributed by atoms with Crippen LogP contribution in [0.15, 0.2) is 60.7 Å². The van der Waals surface area contributed by atoms with Crippen LogP contribution in [0, 0.1) is 0 Å². The molecule has 0 aliphatic carbocycles. The first-order chi connectivity index (χ1) is 13.4. The number of benzene rings is 2. The monoisotopic (exact) mass is 446 g/mol. The fourth-order valence-electron chi connectivity index (χ4n) is 2.24. The summed E-state index contributed by atoms with van der Waals surface area (Å²) in [7, 11) is 3.95. The maximum absolute atomic E-state index is 12.5. The molecule has 152 valence electrons. The summed E-state index contributed by atoms with van der Waals surface area (Å²) >= 11 is 0. The van der Waals surface area contributed by atoms with Crippen molar-refractivity contribution in [1.29, 1.82) is 0 Å². The van der Waals surface area contributed by atoms with E-state index in [1.54, 1.807) is 28.7 Å². The van der Waals surface area contributed by atoms with Gasteiger partial charge in [-0.3, -0.25) is 4.21 Å². The van der Waals surface area contributed by atoms with Gasteiger partial charge in [-0.15, -0.1) is 0 Å². The molecular formula is C20H21F3O2S3. The highest BCUT2D eigenvalue weighted by molar-refractivity contribution is 8.76.